The Kier molecular flexibility index (Phi) is 3.03. The fourth-order valence-corrected chi connectivity index (χ4v) is 2.20. The second-order valence-corrected chi connectivity index (χ2v) is 5.23. The van der Waals surface area contributed by atoms with Crippen molar-refractivity contribution in [1.82, 2.24) is 0 Å². The minimum atomic E-state index is -0.464. The van der Waals surface area contributed by atoms with Gasteiger partial charge in [-0.1, -0.05) is 11.6 Å². The number of nitrogens with one attached hydrogen (secondary N) is 1. The number of benzene rings is 1. The Morgan fingerprint density at radius 3 is 2.67 bits per heavy atom. The molecule has 0 unspecified atom stereocenters. The van der Waals surface area contributed by atoms with Gasteiger partial charge in [-0.2, -0.15) is 5.26 Å². The second kappa shape index (κ2) is 4.75. The van der Waals surface area contributed by atoms with Crippen LogP contribution in [0.1, 0.15) is 18.5 Å². The lowest BCUT2D eigenvalue weighted by Gasteiger charge is -2.12. The van der Waals surface area contributed by atoms with E-state index in [1.807, 2.05) is 0 Å². The maximum atomic E-state index is 12.3. The third-order valence-corrected chi connectivity index (χ3v) is 3.54. The summed E-state index contributed by atoms with van der Waals surface area (Å²) in [5.41, 5.74) is -0.466. The lowest BCUT2D eigenvalue weighted by Crippen LogP contribution is -2.44. The van der Waals surface area contributed by atoms with Crippen molar-refractivity contribution in [2.45, 2.75) is 12.8 Å². The minimum absolute atomic E-state index is 0.0273. The molecule has 106 valence electrons. The Morgan fingerprint density at radius 1 is 1.33 bits per heavy atom. The van der Waals surface area contributed by atoms with Crippen LogP contribution in [0.2, 0.25) is 5.02 Å². The van der Waals surface area contributed by atoms with Crippen LogP contribution >= 0.6 is 11.6 Å². The molecule has 21 heavy (non-hydrogen) atoms. The number of hydrogen-bond acceptors (Lipinski definition) is 4. The van der Waals surface area contributed by atoms with Crippen molar-refractivity contribution in [3.05, 3.63) is 39.3 Å². The Morgan fingerprint density at radius 2 is 2.05 bits per heavy atom. The molecule has 7 nitrogen and oxygen atoms in total. The lowest BCUT2D eigenvalue weighted by atomic mass is 10.2. The Bertz CT molecular complexity index is 811. The highest BCUT2D eigenvalue weighted by molar-refractivity contribution is 6.31. The van der Waals surface area contributed by atoms with Crippen LogP contribution in [0.25, 0.3) is 11.0 Å². The molecule has 0 radical (unpaired) electrons. The minimum Gasteiger partial charge on any atom is -0.710 e. The molecular weight excluding hydrogens is 296 g/mol. The number of fused-ring (bicyclic) bond motifs is 1. The molecular formula is C13H9ClN4O3. The standard InChI is InChI=1S/C13H9ClN4O3/c14-8-3-4-9-10(5-8)17(20)11(6-15)12(18(9)21)16-13(19)7-1-2-7/h3-5,7H,1-2H2,(H,16,19). The SMILES string of the molecule is N#Cc1c(NC(=O)C2CC2)[n+]([O-])c2ccc(Cl)cc2[n+]1[O-]. The van der Waals surface area contributed by atoms with Crippen molar-refractivity contribution in [3.8, 4) is 6.07 Å². The molecule has 0 saturated heterocycles. The van der Waals surface area contributed by atoms with Crippen LogP contribution < -0.4 is 14.8 Å². The fourth-order valence-electron chi connectivity index (χ4n) is 2.04. The molecule has 0 aliphatic heterocycles. The van der Waals surface area contributed by atoms with Gasteiger partial charge in [0.1, 0.15) is 0 Å². The van der Waals surface area contributed by atoms with Crippen molar-refractivity contribution in [2.75, 3.05) is 5.32 Å². The van der Waals surface area contributed by atoms with Gasteiger partial charge in [0.05, 0.1) is 5.92 Å². The molecule has 1 heterocycles. The first kappa shape index (κ1) is 13.4. The molecule has 1 aliphatic rings. The summed E-state index contributed by atoms with van der Waals surface area (Å²) in [5.74, 6) is -0.860. The monoisotopic (exact) mass is 304 g/mol. The molecule has 1 aromatic carbocycles. The molecule has 1 saturated carbocycles. The van der Waals surface area contributed by atoms with Crippen LogP contribution in [0.5, 0.6) is 0 Å². The first-order chi connectivity index (χ1) is 10.0. The second-order valence-electron chi connectivity index (χ2n) is 4.79. The first-order valence-corrected chi connectivity index (χ1v) is 6.60. The highest BCUT2D eigenvalue weighted by atomic mass is 35.5. The number of aromatic nitrogens is 2. The highest BCUT2D eigenvalue weighted by Gasteiger charge is 2.37. The van der Waals surface area contributed by atoms with Gasteiger partial charge < -0.3 is 10.4 Å². The Hall–Kier alpha value is -2.59. The van der Waals surface area contributed by atoms with Gasteiger partial charge in [-0.15, -0.1) is 4.73 Å². The quantitative estimate of drug-likeness (QED) is 0.659. The zero-order valence-electron chi connectivity index (χ0n) is 10.7. The van der Waals surface area contributed by atoms with E-state index < -0.39 is 5.69 Å². The summed E-state index contributed by atoms with van der Waals surface area (Å²) in [6.45, 7) is 0. The number of anilines is 1. The van der Waals surface area contributed by atoms with E-state index in [1.165, 1.54) is 18.2 Å². The summed E-state index contributed by atoms with van der Waals surface area (Å²) in [6.07, 6.45) is 1.49. The van der Waals surface area contributed by atoms with Gasteiger partial charge in [0.15, 0.2) is 6.07 Å². The predicted molar refractivity (Wildman–Crippen MR) is 72.9 cm³/mol. The number of carbonyl (C=O) groups excluding carboxylic acids is 1. The van der Waals surface area contributed by atoms with Gasteiger partial charge in [0.25, 0.3) is 5.52 Å². The summed E-state index contributed by atoms with van der Waals surface area (Å²) in [4.78, 5) is 11.8. The molecule has 1 aliphatic carbocycles. The van der Waals surface area contributed by atoms with Crippen molar-refractivity contribution in [1.29, 1.82) is 5.26 Å². The van der Waals surface area contributed by atoms with Crippen LogP contribution in [-0.4, -0.2) is 5.91 Å². The number of carbonyl (C=O) groups is 1. The number of rotatable bonds is 2. The molecule has 0 atom stereocenters. The van der Waals surface area contributed by atoms with E-state index in [0.29, 0.717) is 9.46 Å². The topological polar surface area (TPSA) is 107 Å². The molecule has 8 heteroatoms. The van der Waals surface area contributed by atoms with Gasteiger partial charge in [-0.3, -0.25) is 0 Å². The Labute approximate surface area is 124 Å². The zero-order valence-corrected chi connectivity index (χ0v) is 11.4. The normalized spacial score (nSPS) is 13.9. The van der Waals surface area contributed by atoms with Crippen molar-refractivity contribution < 1.29 is 14.3 Å². The smallest absolute Gasteiger partial charge is 0.386 e. The summed E-state index contributed by atoms with van der Waals surface area (Å²) >= 11 is 5.80. The summed E-state index contributed by atoms with van der Waals surface area (Å²) < 4.78 is 0.678. The van der Waals surface area contributed by atoms with Gasteiger partial charge in [-0.25, -0.2) is 14.8 Å². The maximum Gasteiger partial charge on any atom is 0.386 e. The molecule has 1 N–H and O–H groups in total. The van der Waals surface area contributed by atoms with Crippen LogP contribution in [0, 0.1) is 27.7 Å². The molecule has 1 amide bonds. The molecule has 2 aromatic rings. The summed E-state index contributed by atoms with van der Waals surface area (Å²) in [5, 5.41) is 36.2. The number of nitriles is 1. The van der Waals surface area contributed by atoms with E-state index in [4.69, 9.17) is 16.9 Å². The molecule has 3 rings (SSSR count). The van der Waals surface area contributed by atoms with Crippen molar-refractivity contribution in [3.63, 3.8) is 0 Å². The molecule has 1 fully saturated rings. The van der Waals surface area contributed by atoms with E-state index in [-0.39, 0.29) is 33.7 Å². The molecule has 1 aromatic heterocycles. The predicted octanol–water partition coefficient (Wildman–Crippen LogP) is 0.980. The van der Waals surface area contributed by atoms with Crippen molar-refractivity contribution >= 4 is 34.4 Å². The van der Waals surface area contributed by atoms with Gasteiger partial charge in [0.2, 0.25) is 5.52 Å². The van der Waals surface area contributed by atoms with Crippen LogP contribution in [-0.2, 0) is 4.79 Å². The van der Waals surface area contributed by atoms with Crippen molar-refractivity contribution in [2.24, 2.45) is 5.92 Å². The summed E-state index contributed by atoms with van der Waals surface area (Å²) in [6, 6.07) is 5.77. The number of amides is 1. The maximum absolute atomic E-state index is 12.3. The number of halogens is 1. The lowest BCUT2D eigenvalue weighted by molar-refractivity contribution is -0.620. The van der Waals surface area contributed by atoms with Gasteiger partial charge >= 0.3 is 17.4 Å². The largest absolute Gasteiger partial charge is 0.710 e. The molecule has 0 bridgehead atoms. The van der Waals surface area contributed by atoms with Gasteiger partial charge in [-0.05, 0) is 25.0 Å². The Balaban J connectivity index is 2.23. The van der Waals surface area contributed by atoms with Crippen LogP contribution in [0.3, 0.4) is 0 Å². The highest BCUT2D eigenvalue weighted by Crippen LogP contribution is 2.30. The summed E-state index contributed by atoms with van der Waals surface area (Å²) in [7, 11) is 0. The van der Waals surface area contributed by atoms with E-state index in [2.05, 4.69) is 5.32 Å². The van der Waals surface area contributed by atoms with Crippen LogP contribution in [0.15, 0.2) is 18.2 Å². The van der Waals surface area contributed by atoms with E-state index in [0.717, 1.165) is 12.8 Å². The fraction of sp³-hybridized carbons (Fsp3) is 0.231. The van der Waals surface area contributed by atoms with Gasteiger partial charge in [0, 0.05) is 11.1 Å². The molecule has 0 spiro atoms. The van der Waals surface area contributed by atoms with E-state index in [1.54, 1.807) is 6.07 Å². The average Bonchev–Trinajstić information content (AvgIpc) is 3.29. The van der Waals surface area contributed by atoms with Crippen LogP contribution in [0.4, 0.5) is 5.82 Å². The first-order valence-electron chi connectivity index (χ1n) is 6.22. The third-order valence-electron chi connectivity index (χ3n) is 3.30. The number of hydrogen-bond donors (Lipinski definition) is 1. The number of nitrogens with zero attached hydrogens (tertiary/aromatic N) is 3. The van der Waals surface area contributed by atoms with E-state index in [9.17, 15) is 15.2 Å². The zero-order chi connectivity index (χ0) is 15.1. The average molecular weight is 305 g/mol. The third kappa shape index (κ3) is 2.19. The van der Waals surface area contributed by atoms with E-state index >= 15 is 0 Å².